The van der Waals surface area contributed by atoms with Crippen molar-refractivity contribution in [3.63, 3.8) is 0 Å². The normalized spacial score (nSPS) is 13.8. The van der Waals surface area contributed by atoms with E-state index in [1.54, 1.807) is 17.0 Å². The summed E-state index contributed by atoms with van der Waals surface area (Å²) in [6.45, 7) is 6.99. The number of fused-ring (bicyclic) bond motifs is 1. The zero-order valence-electron chi connectivity index (χ0n) is 19.1. The van der Waals surface area contributed by atoms with E-state index < -0.39 is 17.6 Å². The van der Waals surface area contributed by atoms with Crippen LogP contribution in [0.4, 0.5) is 17.6 Å². The van der Waals surface area contributed by atoms with Crippen LogP contribution in [0.1, 0.15) is 56.7 Å². The largest absolute Gasteiger partial charge is 0.457 e. The van der Waals surface area contributed by atoms with Crippen LogP contribution in [0.2, 0.25) is 0 Å². The topological polar surface area (TPSA) is 29.5 Å². The molecule has 2 aromatic carbocycles. The molecule has 0 radical (unpaired) electrons. The van der Waals surface area contributed by atoms with Gasteiger partial charge in [-0.1, -0.05) is 26.8 Å². The fourth-order valence-electron chi connectivity index (χ4n) is 3.73. The predicted molar refractivity (Wildman–Crippen MR) is 120 cm³/mol. The van der Waals surface area contributed by atoms with Gasteiger partial charge in [-0.05, 0) is 54.7 Å². The van der Waals surface area contributed by atoms with Gasteiger partial charge in [-0.25, -0.2) is 4.39 Å². The number of carbonyl (C=O) groups is 1. The molecule has 1 aliphatic rings. The maximum absolute atomic E-state index is 13.8. The third-order valence-electron chi connectivity index (χ3n) is 5.46. The van der Waals surface area contributed by atoms with Crippen molar-refractivity contribution in [2.24, 2.45) is 5.92 Å². The molecule has 7 heteroatoms. The fourth-order valence-corrected chi connectivity index (χ4v) is 3.73. The van der Waals surface area contributed by atoms with Crippen LogP contribution in [0.5, 0.6) is 11.5 Å². The molecule has 1 amide bonds. The minimum Gasteiger partial charge on any atom is -0.457 e. The van der Waals surface area contributed by atoms with Gasteiger partial charge in [0.15, 0.2) is 0 Å². The smallest absolute Gasteiger partial charge is 0.419 e. The van der Waals surface area contributed by atoms with Crippen molar-refractivity contribution in [3.05, 3.63) is 58.9 Å². The van der Waals surface area contributed by atoms with E-state index in [1.807, 2.05) is 26.8 Å². The molecule has 2 aromatic rings. The maximum atomic E-state index is 13.8. The van der Waals surface area contributed by atoms with Crippen LogP contribution in [-0.4, -0.2) is 17.4 Å². The van der Waals surface area contributed by atoms with Crippen molar-refractivity contribution in [1.29, 1.82) is 0 Å². The van der Waals surface area contributed by atoms with Crippen molar-refractivity contribution >= 4 is 5.91 Å². The van der Waals surface area contributed by atoms with Crippen molar-refractivity contribution in [2.45, 2.75) is 59.2 Å². The molecular formula is C26H29F4NO2. The maximum Gasteiger partial charge on any atom is 0.419 e. The Morgan fingerprint density at radius 1 is 1.15 bits per heavy atom. The van der Waals surface area contributed by atoms with Gasteiger partial charge in [0.05, 0.1) is 5.56 Å². The van der Waals surface area contributed by atoms with Gasteiger partial charge in [-0.15, -0.1) is 12.3 Å². The van der Waals surface area contributed by atoms with Gasteiger partial charge in [0.25, 0.3) is 0 Å². The van der Waals surface area contributed by atoms with Crippen molar-refractivity contribution in [2.75, 3.05) is 6.54 Å². The Hall–Kier alpha value is -3.01. The van der Waals surface area contributed by atoms with Crippen LogP contribution >= 0.6 is 0 Å². The predicted octanol–water partition coefficient (Wildman–Crippen LogP) is 6.99. The quantitative estimate of drug-likeness (QED) is 0.341. The summed E-state index contributed by atoms with van der Waals surface area (Å²) in [5, 5.41) is 0. The molecule has 0 spiro atoms. The second-order valence-electron chi connectivity index (χ2n) is 7.53. The highest BCUT2D eigenvalue weighted by atomic mass is 19.4. The fraction of sp³-hybridized carbons (Fsp3) is 0.423. The van der Waals surface area contributed by atoms with E-state index in [0.29, 0.717) is 50.6 Å². The molecule has 1 unspecified atom stereocenters. The van der Waals surface area contributed by atoms with Crippen LogP contribution in [0.3, 0.4) is 0 Å². The lowest BCUT2D eigenvalue weighted by atomic mass is 9.95. The number of hydrogen-bond donors (Lipinski definition) is 0. The summed E-state index contributed by atoms with van der Waals surface area (Å²) in [5.41, 5.74) is 0.637. The summed E-state index contributed by atoms with van der Waals surface area (Å²) in [6.07, 6.45) is 3.17. The first-order chi connectivity index (χ1) is 15.7. The molecule has 0 saturated carbocycles. The Balaban J connectivity index is 0.00000187. The number of ether oxygens (including phenoxy) is 1. The Morgan fingerprint density at radius 3 is 2.42 bits per heavy atom. The molecule has 178 valence electrons. The van der Waals surface area contributed by atoms with Crippen molar-refractivity contribution < 1.29 is 27.1 Å². The summed E-state index contributed by atoms with van der Waals surface area (Å²) < 4.78 is 57.6. The average molecular weight is 464 g/mol. The Bertz CT molecular complexity index is 995. The summed E-state index contributed by atoms with van der Waals surface area (Å²) in [5.74, 6) is 1.47. The van der Waals surface area contributed by atoms with Crippen LogP contribution in [0, 0.1) is 24.1 Å². The van der Waals surface area contributed by atoms with E-state index in [0.717, 1.165) is 23.3 Å². The number of amides is 1. The van der Waals surface area contributed by atoms with E-state index in [-0.39, 0.29) is 17.6 Å². The van der Waals surface area contributed by atoms with E-state index in [9.17, 15) is 22.4 Å². The summed E-state index contributed by atoms with van der Waals surface area (Å²) in [6, 6.07) is 7.75. The van der Waals surface area contributed by atoms with Crippen molar-refractivity contribution in [1.82, 2.24) is 4.90 Å². The summed E-state index contributed by atoms with van der Waals surface area (Å²) in [7, 11) is 0. The molecule has 0 aliphatic carbocycles. The van der Waals surface area contributed by atoms with Gasteiger partial charge >= 0.3 is 6.18 Å². The summed E-state index contributed by atoms with van der Waals surface area (Å²) >= 11 is 0. The second kappa shape index (κ2) is 11.7. The minimum absolute atomic E-state index is 0.0328. The van der Waals surface area contributed by atoms with Crippen molar-refractivity contribution in [3.8, 4) is 23.8 Å². The summed E-state index contributed by atoms with van der Waals surface area (Å²) in [4.78, 5) is 14.7. The molecule has 1 aliphatic heterocycles. The Kier molecular flexibility index (Phi) is 9.33. The SMILES string of the molecule is C#CCCC(CC)C(=O)N1CCc2ccc(Oc3ccc(C(F)(F)F)c(F)c3)cc2C1.CC. The molecule has 0 N–H and O–H groups in total. The third kappa shape index (κ3) is 6.74. The molecule has 1 atom stereocenters. The zero-order valence-corrected chi connectivity index (χ0v) is 19.1. The first-order valence-corrected chi connectivity index (χ1v) is 11.1. The molecule has 33 heavy (non-hydrogen) atoms. The molecule has 3 rings (SSSR count). The molecule has 3 nitrogen and oxygen atoms in total. The number of hydrogen-bond acceptors (Lipinski definition) is 2. The molecule has 1 heterocycles. The number of terminal acetylenes is 1. The Labute approximate surface area is 192 Å². The highest BCUT2D eigenvalue weighted by molar-refractivity contribution is 5.79. The van der Waals surface area contributed by atoms with Gasteiger partial charge in [0.1, 0.15) is 17.3 Å². The van der Waals surface area contributed by atoms with Gasteiger partial charge < -0.3 is 9.64 Å². The van der Waals surface area contributed by atoms with Crippen LogP contribution in [0.25, 0.3) is 0 Å². The molecule has 0 bridgehead atoms. The first-order valence-electron chi connectivity index (χ1n) is 11.1. The van der Waals surface area contributed by atoms with Crippen LogP contribution in [-0.2, 0) is 23.9 Å². The number of nitrogens with zero attached hydrogens (tertiary/aromatic N) is 1. The van der Waals surface area contributed by atoms with E-state index >= 15 is 0 Å². The molecule has 0 aromatic heterocycles. The standard InChI is InChI=1S/C24H23F4NO2.C2H6/c1-3-5-6-16(4-2)23(30)29-12-11-17-7-8-19(13-18(17)15-29)31-20-9-10-21(22(25)14-20)24(26,27)28;1-2/h1,7-10,13-14,16H,4-6,11-12,15H2,2H3;1-2H3. The number of alkyl halides is 3. The number of benzene rings is 2. The number of rotatable bonds is 6. The van der Waals surface area contributed by atoms with Gasteiger partial charge in [-0.2, -0.15) is 13.2 Å². The van der Waals surface area contributed by atoms with E-state index in [2.05, 4.69) is 5.92 Å². The monoisotopic (exact) mass is 463 g/mol. The lowest BCUT2D eigenvalue weighted by Crippen LogP contribution is -2.39. The highest BCUT2D eigenvalue weighted by Crippen LogP contribution is 2.34. The van der Waals surface area contributed by atoms with Gasteiger partial charge in [-0.3, -0.25) is 4.79 Å². The molecular weight excluding hydrogens is 434 g/mol. The minimum atomic E-state index is -4.76. The average Bonchev–Trinajstić information content (AvgIpc) is 2.79. The molecule has 0 fully saturated rings. The zero-order chi connectivity index (χ0) is 24.6. The number of halogens is 4. The third-order valence-corrected chi connectivity index (χ3v) is 5.46. The van der Waals surface area contributed by atoms with E-state index in [1.165, 1.54) is 0 Å². The van der Waals surface area contributed by atoms with E-state index in [4.69, 9.17) is 11.2 Å². The van der Waals surface area contributed by atoms with Crippen LogP contribution in [0.15, 0.2) is 36.4 Å². The van der Waals surface area contributed by atoms with Gasteiger partial charge in [0.2, 0.25) is 5.91 Å². The first kappa shape index (κ1) is 26.2. The number of carbonyl (C=O) groups excluding carboxylic acids is 1. The Morgan fingerprint density at radius 2 is 1.82 bits per heavy atom. The van der Waals surface area contributed by atoms with Crippen LogP contribution < -0.4 is 4.74 Å². The van der Waals surface area contributed by atoms with Gasteiger partial charge in [0, 0.05) is 31.5 Å². The lowest BCUT2D eigenvalue weighted by molar-refractivity contribution is -0.140. The lowest BCUT2D eigenvalue weighted by Gasteiger charge is -2.32. The second-order valence-corrected chi connectivity index (χ2v) is 7.53. The highest BCUT2D eigenvalue weighted by Gasteiger charge is 2.34. The molecule has 0 saturated heterocycles.